The molecule has 0 aliphatic rings. The minimum atomic E-state index is -0.486. The van der Waals surface area contributed by atoms with E-state index in [-0.39, 0.29) is 17.9 Å². The van der Waals surface area contributed by atoms with Gasteiger partial charge < -0.3 is 16.2 Å². The number of carbonyl (C=O) groups excluding carboxylic acids is 1. The second-order valence-corrected chi connectivity index (χ2v) is 4.47. The van der Waals surface area contributed by atoms with Crippen molar-refractivity contribution in [2.24, 2.45) is 5.73 Å². The van der Waals surface area contributed by atoms with Crippen molar-refractivity contribution in [2.75, 3.05) is 11.9 Å². The molecule has 6 heteroatoms. The molecular weight excluding hydrogens is 290 g/mol. The Morgan fingerprint density at radius 3 is 2.90 bits per heavy atom. The molecule has 4 N–H and O–H groups in total. The molecule has 106 valence electrons. The van der Waals surface area contributed by atoms with Crippen molar-refractivity contribution >= 4 is 23.3 Å². The number of pyridine rings is 1. The summed E-state index contributed by atoms with van der Waals surface area (Å²) in [6, 6.07) is 9.30. The number of benzene rings is 1. The number of nitrogens with two attached hydrogens (primary N) is 1. The van der Waals surface area contributed by atoms with E-state index in [1.165, 1.54) is 18.2 Å². The van der Waals surface area contributed by atoms with Gasteiger partial charge in [0.15, 0.2) is 0 Å². The summed E-state index contributed by atoms with van der Waals surface area (Å²) in [6.07, 6.45) is 0. The highest BCUT2D eigenvalue weighted by Gasteiger charge is 2.12. The first-order valence-electron chi connectivity index (χ1n) is 6.06. The number of hydrogen-bond acceptors (Lipinski definition) is 4. The van der Waals surface area contributed by atoms with Gasteiger partial charge in [-0.1, -0.05) is 23.6 Å². The van der Waals surface area contributed by atoms with Crippen LogP contribution in [-0.2, 0) is 0 Å². The zero-order chi connectivity index (χ0) is 15.2. The van der Waals surface area contributed by atoms with E-state index in [4.69, 9.17) is 17.3 Å². The van der Waals surface area contributed by atoms with Gasteiger partial charge in [0.25, 0.3) is 5.91 Å². The van der Waals surface area contributed by atoms with Gasteiger partial charge in [-0.2, -0.15) is 0 Å². The third-order valence-corrected chi connectivity index (χ3v) is 2.75. The van der Waals surface area contributed by atoms with Crippen LogP contribution in [0.15, 0.2) is 36.4 Å². The van der Waals surface area contributed by atoms with E-state index < -0.39 is 5.91 Å². The van der Waals surface area contributed by atoms with Crippen LogP contribution in [0.1, 0.15) is 16.1 Å². The molecule has 0 spiro atoms. The molecular formula is C15H12ClN3O2. The van der Waals surface area contributed by atoms with Crippen molar-refractivity contribution in [2.45, 2.75) is 0 Å². The predicted molar refractivity (Wildman–Crippen MR) is 81.2 cm³/mol. The van der Waals surface area contributed by atoms with Gasteiger partial charge in [0.2, 0.25) is 0 Å². The van der Waals surface area contributed by atoms with Crippen LogP contribution in [-0.4, -0.2) is 22.5 Å². The molecule has 0 unspecified atom stereocenters. The molecule has 0 atom stereocenters. The number of aromatic nitrogens is 1. The van der Waals surface area contributed by atoms with E-state index in [0.29, 0.717) is 16.5 Å². The highest BCUT2D eigenvalue weighted by Crippen LogP contribution is 2.22. The van der Waals surface area contributed by atoms with Crippen LogP contribution in [0.25, 0.3) is 0 Å². The number of nitrogens with one attached hydrogen (secondary N) is 1. The van der Waals surface area contributed by atoms with E-state index in [1.807, 2.05) is 0 Å². The maximum atomic E-state index is 12.1. The van der Waals surface area contributed by atoms with Gasteiger partial charge in [-0.15, -0.1) is 0 Å². The zero-order valence-electron chi connectivity index (χ0n) is 10.9. The summed E-state index contributed by atoms with van der Waals surface area (Å²) in [4.78, 5) is 16.2. The second-order valence-electron chi connectivity index (χ2n) is 4.03. The van der Waals surface area contributed by atoms with Crippen LogP contribution in [0, 0.1) is 11.8 Å². The quantitative estimate of drug-likeness (QED) is 0.740. The van der Waals surface area contributed by atoms with Gasteiger partial charge >= 0.3 is 0 Å². The largest absolute Gasteiger partial charge is 0.507 e. The highest BCUT2D eigenvalue weighted by atomic mass is 35.5. The van der Waals surface area contributed by atoms with Gasteiger partial charge in [-0.3, -0.25) is 4.79 Å². The number of phenols is 1. The molecule has 2 rings (SSSR count). The molecule has 0 radical (unpaired) electrons. The van der Waals surface area contributed by atoms with Crippen molar-refractivity contribution in [1.82, 2.24) is 4.98 Å². The Labute approximate surface area is 126 Å². The lowest BCUT2D eigenvalue weighted by Gasteiger charge is -2.06. The minimum Gasteiger partial charge on any atom is -0.507 e. The molecule has 1 aromatic carbocycles. The maximum Gasteiger partial charge on any atom is 0.260 e. The lowest BCUT2D eigenvalue weighted by atomic mass is 10.2. The Hall–Kier alpha value is -2.55. The second kappa shape index (κ2) is 6.75. The Kier molecular flexibility index (Phi) is 4.77. The van der Waals surface area contributed by atoms with Gasteiger partial charge in [0.05, 0.1) is 12.1 Å². The first-order valence-corrected chi connectivity index (χ1v) is 6.44. The fraction of sp³-hybridized carbons (Fsp3) is 0.0667. The monoisotopic (exact) mass is 301 g/mol. The first-order chi connectivity index (χ1) is 10.1. The average Bonchev–Trinajstić information content (AvgIpc) is 2.45. The van der Waals surface area contributed by atoms with Crippen LogP contribution in [0.4, 0.5) is 5.82 Å². The molecule has 0 aliphatic heterocycles. The molecule has 0 saturated heterocycles. The van der Waals surface area contributed by atoms with Crippen molar-refractivity contribution in [3.05, 3.63) is 52.7 Å². The van der Waals surface area contributed by atoms with E-state index in [1.54, 1.807) is 18.2 Å². The smallest absolute Gasteiger partial charge is 0.260 e. The molecule has 2 aromatic rings. The lowest BCUT2D eigenvalue weighted by molar-refractivity contribution is 0.102. The van der Waals surface area contributed by atoms with Crippen LogP contribution in [0.5, 0.6) is 5.75 Å². The van der Waals surface area contributed by atoms with Gasteiger partial charge in [0, 0.05) is 5.02 Å². The number of anilines is 1. The Bertz CT molecular complexity index is 735. The van der Waals surface area contributed by atoms with Gasteiger partial charge in [-0.05, 0) is 36.3 Å². The molecule has 1 amide bonds. The summed E-state index contributed by atoms with van der Waals surface area (Å²) in [6.45, 7) is 0.233. The zero-order valence-corrected chi connectivity index (χ0v) is 11.7. The van der Waals surface area contributed by atoms with Gasteiger partial charge in [0.1, 0.15) is 17.3 Å². The number of nitrogens with zero attached hydrogens (tertiary/aromatic N) is 1. The van der Waals surface area contributed by atoms with Crippen LogP contribution in [0.3, 0.4) is 0 Å². The summed E-state index contributed by atoms with van der Waals surface area (Å²) in [5, 5.41) is 12.6. The van der Waals surface area contributed by atoms with Crippen LogP contribution in [0.2, 0.25) is 5.02 Å². The normalized spacial score (nSPS) is 9.62. The van der Waals surface area contributed by atoms with Crippen molar-refractivity contribution in [3.8, 4) is 17.6 Å². The molecule has 0 fully saturated rings. The molecule has 0 aliphatic carbocycles. The third-order valence-electron chi connectivity index (χ3n) is 2.51. The Morgan fingerprint density at radius 1 is 1.38 bits per heavy atom. The Balaban J connectivity index is 2.19. The average molecular weight is 302 g/mol. The number of amides is 1. The van der Waals surface area contributed by atoms with E-state index >= 15 is 0 Å². The molecule has 0 saturated carbocycles. The summed E-state index contributed by atoms with van der Waals surface area (Å²) >= 11 is 5.72. The van der Waals surface area contributed by atoms with Crippen molar-refractivity contribution < 1.29 is 9.90 Å². The number of halogens is 1. The number of phenolic OH excluding ortho intramolecular Hbond substituents is 1. The van der Waals surface area contributed by atoms with E-state index in [0.717, 1.165) is 0 Å². The van der Waals surface area contributed by atoms with Crippen LogP contribution < -0.4 is 11.1 Å². The van der Waals surface area contributed by atoms with Gasteiger partial charge in [-0.25, -0.2) is 4.98 Å². The molecule has 0 bridgehead atoms. The first kappa shape index (κ1) is 14.9. The SMILES string of the molecule is NCC#Cc1cccc(NC(=O)c2ccc(Cl)cc2O)n1. The summed E-state index contributed by atoms with van der Waals surface area (Å²) in [5.74, 6) is 5.10. The summed E-state index contributed by atoms with van der Waals surface area (Å²) in [7, 11) is 0. The molecule has 21 heavy (non-hydrogen) atoms. The summed E-state index contributed by atoms with van der Waals surface area (Å²) < 4.78 is 0. The highest BCUT2D eigenvalue weighted by molar-refractivity contribution is 6.30. The Morgan fingerprint density at radius 2 is 2.19 bits per heavy atom. The summed E-state index contributed by atoms with van der Waals surface area (Å²) in [5.41, 5.74) is 5.90. The van der Waals surface area contributed by atoms with Crippen molar-refractivity contribution in [1.29, 1.82) is 0 Å². The fourth-order valence-corrected chi connectivity index (χ4v) is 1.76. The molecule has 5 nitrogen and oxygen atoms in total. The number of rotatable bonds is 2. The van der Waals surface area contributed by atoms with Crippen molar-refractivity contribution in [3.63, 3.8) is 0 Å². The van der Waals surface area contributed by atoms with E-state index in [9.17, 15) is 9.90 Å². The van der Waals surface area contributed by atoms with E-state index in [2.05, 4.69) is 22.1 Å². The number of aromatic hydroxyl groups is 1. The molecule has 1 heterocycles. The number of hydrogen-bond donors (Lipinski definition) is 3. The fourth-order valence-electron chi connectivity index (χ4n) is 1.60. The van der Waals surface area contributed by atoms with Crippen LogP contribution >= 0.6 is 11.6 Å². The topological polar surface area (TPSA) is 88.2 Å². The minimum absolute atomic E-state index is 0.111. The third kappa shape index (κ3) is 3.96. The standard InChI is InChI=1S/C15H12ClN3O2/c16-10-6-7-12(13(20)9-10)15(21)19-14-5-1-3-11(18-14)4-2-8-17/h1,3,5-7,9,20H,8,17H2,(H,18,19,21). The molecule has 1 aromatic heterocycles. The predicted octanol–water partition coefficient (Wildman–Crippen LogP) is 2.00. The number of carbonyl (C=O) groups is 1. The lowest BCUT2D eigenvalue weighted by Crippen LogP contribution is -2.13. The maximum absolute atomic E-state index is 12.1.